The van der Waals surface area contributed by atoms with Gasteiger partial charge in [-0.3, -0.25) is 0 Å². The van der Waals surface area contributed by atoms with E-state index in [9.17, 15) is 0 Å². The molecule has 258 valence electrons. The van der Waals surface area contributed by atoms with E-state index in [4.69, 9.17) is 4.42 Å². The number of fused-ring (bicyclic) bond motifs is 7. The number of benzene rings is 9. The molecule has 2 aromatic heterocycles. The van der Waals surface area contributed by atoms with E-state index in [1.54, 1.807) is 0 Å². The Balaban J connectivity index is 1.09. The van der Waals surface area contributed by atoms with Crippen molar-refractivity contribution in [2.24, 2.45) is 0 Å². The summed E-state index contributed by atoms with van der Waals surface area (Å²) in [5.74, 6) is 0. The summed E-state index contributed by atoms with van der Waals surface area (Å²) in [6, 6.07) is 72.4. The Morgan fingerprint density at radius 1 is 0.364 bits per heavy atom. The van der Waals surface area contributed by atoms with E-state index in [-0.39, 0.29) is 0 Å². The first-order valence-electron chi connectivity index (χ1n) is 18.7. The fourth-order valence-electron chi connectivity index (χ4n) is 8.30. The molecule has 3 heteroatoms. The average Bonchev–Trinajstić information content (AvgIpc) is 3.83. The van der Waals surface area contributed by atoms with Gasteiger partial charge in [-0.15, -0.1) is 11.3 Å². The molecule has 0 unspecified atom stereocenters. The molecule has 2 heterocycles. The topological polar surface area (TPSA) is 16.4 Å². The van der Waals surface area contributed by atoms with Crippen LogP contribution < -0.4 is 4.90 Å². The second-order valence-corrected chi connectivity index (χ2v) is 15.1. The molecular weight excluding hydrogens is 687 g/mol. The summed E-state index contributed by atoms with van der Waals surface area (Å²) in [5, 5.41) is 7.32. The lowest BCUT2D eigenvalue weighted by molar-refractivity contribution is 0.669. The van der Waals surface area contributed by atoms with Gasteiger partial charge >= 0.3 is 0 Å². The lowest BCUT2D eigenvalue weighted by atomic mass is 9.94. The molecule has 0 spiro atoms. The van der Waals surface area contributed by atoms with Gasteiger partial charge in [0.2, 0.25) is 0 Å². The van der Waals surface area contributed by atoms with E-state index < -0.39 is 0 Å². The third-order valence-electron chi connectivity index (χ3n) is 10.9. The largest absolute Gasteiger partial charge is 0.456 e. The predicted octanol–water partition coefficient (Wildman–Crippen LogP) is 15.6. The van der Waals surface area contributed by atoms with Gasteiger partial charge in [0.15, 0.2) is 0 Å². The summed E-state index contributed by atoms with van der Waals surface area (Å²) < 4.78 is 8.71. The summed E-state index contributed by atoms with van der Waals surface area (Å²) >= 11 is 1.85. The van der Waals surface area contributed by atoms with Crippen LogP contribution in [0.25, 0.3) is 86.3 Å². The van der Waals surface area contributed by atoms with Crippen molar-refractivity contribution in [1.29, 1.82) is 0 Å². The van der Waals surface area contributed by atoms with Gasteiger partial charge < -0.3 is 9.32 Å². The summed E-state index contributed by atoms with van der Waals surface area (Å²) in [6.07, 6.45) is 0. The SMILES string of the molecule is c1cc(-c2ccccc2N(c2ccc(-c3ccc4oc5ccccc5c4c3)cc2)c2cccc3sc4ccccc4c23)cc(-c2cccc3ccccc23)c1. The van der Waals surface area contributed by atoms with Crippen molar-refractivity contribution in [2.75, 3.05) is 4.90 Å². The van der Waals surface area contributed by atoms with E-state index in [1.165, 1.54) is 53.2 Å². The monoisotopic (exact) mass is 719 g/mol. The Hall–Kier alpha value is -6.94. The van der Waals surface area contributed by atoms with Crippen molar-refractivity contribution in [1.82, 2.24) is 0 Å². The number of hydrogen-bond acceptors (Lipinski definition) is 3. The van der Waals surface area contributed by atoms with Crippen LogP contribution in [0.2, 0.25) is 0 Å². The number of rotatable bonds is 6. The molecule has 55 heavy (non-hydrogen) atoms. The predicted molar refractivity (Wildman–Crippen MR) is 235 cm³/mol. The summed E-state index contributed by atoms with van der Waals surface area (Å²) in [7, 11) is 0. The van der Waals surface area contributed by atoms with Crippen molar-refractivity contribution < 1.29 is 4.42 Å². The molecule has 0 fully saturated rings. The minimum Gasteiger partial charge on any atom is -0.456 e. The molecule has 0 N–H and O–H groups in total. The number of nitrogens with zero attached hydrogens (tertiary/aromatic N) is 1. The minimum atomic E-state index is 0.907. The molecule has 9 aromatic carbocycles. The van der Waals surface area contributed by atoms with Crippen LogP contribution >= 0.6 is 11.3 Å². The van der Waals surface area contributed by atoms with Crippen LogP contribution in [0.1, 0.15) is 0 Å². The fraction of sp³-hybridized carbons (Fsp3) is 0. The molecule has 0 saturated carbocycles. The molecule has 11 rings (SSSR count). The molecule has 0 saturated heterocycles. The first-order chi connectivity index (χ1) is 27.3. The quantitative estimate of drug-likeness (QED) is 0.170. The highest BCUT2D eigenvalue weighted by Gasteiger charge is 2.22. The van der Waals surface area contributed by atoms with E-state index >= 15 is 0 Å². The van der Waals surface area contributed by atoms with Gasteiger partial charge in [-0.1, -0.05) is 140 Å². The Kier molecular flexibility index (Phi) is 7.39. The van der Waals surface area contributed by atoms with Gasteiger partial charge in [-0.25, -0.2) is 0 Å². The normalized spacial score (nSPS) is 11.6. The van der Waals surface area contributed by atoms with Gasteiger partial charge in [-0.05, 0) is 99.3 Å². The first kappa shape index (κ1) is 31.6. The van der Waals surface area contributed by atoms with Crippen LogP contribution in [0.4, 0.5) is 17.1 Å². The highest BCUT2D eigenvalue weighted by molar-refractivity contribution is 7.26. The number of furan rings is 1. The van der Waals surface area contributed by atoms with Crippen LogP contribution in [0.3, 0.4) is 0 Å². The van der Waals surface area contributed by atoms with Crippen molar-refractivity contribution in [2.45, 2.75) is 0 Å². The Morgan fingerprint density at radius 3 is 1.89 bits per heavy atom. The van der Waals surface area contributed by atoms with Crippen molar-refractivity contribution in [3.05, 3.63) is 200 Å². The van der Waals surface area contributed by atoms with E-state index in [0.717, 1.165) is 50.1 Å². The molecule has 0 radical (unpaired) electrons. The molecule has 0 atom stereocenters. The van der Waals surface area contributed by atoms with Crippen LogP contribution in [-0.2, 0) is 0 Å². The minimum absolute atomic E-state index is 0.907. The molecular formula is C52H33NOS. The van der Waals surface area contributed by atoms with Crippen LogP contribution in [-0.4, -0.2) is 0 Å². The average molecular weight is 720 g/mol. The van der Waals surface area contributed by atoms with Crippen LogP contribution in [0.15, 0.2) is 205 Å². The first-order valence-corrected chi connectivity index (χ1v) is 19.5. The zero-order chi connectivity index (χ0) is 36.3. The smallest absolute Gasteiger partial charge is 0.135 e. The molecule has 0 amide bonds. The van der Waals surface area contributed by atoms with Crippen molar-refractivity contribution in [3.63, 3.8) is 0 Å². The van der Waals surface area contributed by atoms with Gasteiger partial charge in [0, 0.05) is 42.2 Å². The fourth-order valence-corrected chi connectivity index (χ4v) is 9.43. The number of thiophene rings is 1. The maximum Gasteiger partial charge on any atom is 0.135 e. The lowest BCUT2D eigenvalue weighted by Crippen LogP contribution is -2.11. The highest BCUT2D eigenvalue weighted by Crippen LogP contribution is 2.48. The standard InChI is InChI=1S/C52H33NOS/c1-2-16-40-35(12-1)13-10-20-41(40)37-14-9-15-38(32-37)42-17-3-6-21-46(42)53(47-22-11-25-51-52(47)44-19-5-8-24-50(44)55-51)39-29-26-34(27-30-39)36-28-31-49-45(33-36)43-18-4-7-23-48(43)54-49/h1-33H. The van der Waals surface area contributed by atoms with Crippen LogP contribution in [0, 0.1) is 0 Å². The highest BCUT2D eigenvalue weighted by atomic mass is 32.1. The van der Waals surface area contributed by atoms with Gasteiger partial charge in [0.1, 0.15) is 11.2 Å². The second kappa shape index (κ2) is 12.9. The van der Waals surface area contributed by atoms with Gasteiger partial charge in [0.25, 0.3) is 0 Å². The molecule has 0 bridgehead atoms. The summed E-state index contributed by atoms with van der Waals surface area (Å²) in [5.41, 5.74) is 12.3. The third kappa shape index (κ3) is 5.32. The maximum absolute atomic E-state index is 6.14. The van der Waals surface area contributed by atoms with E-state index in [0.29, 0.717) is 0 Å². The summed E-state index contributed by atoms with van der Waals surface area (Å²) in [4.78, 5) is 2.46. The van der Waals surface area contributed by atoms with Gasteiger partial charge in [-0.2, -0.15) is 0 Å². The maximum atomic E-state index is 6.14. The zero-order valence-electron chi connectivity index (χ0n) is 29.8. The third-order valence-corrected chi connectivity index (χ3v) is 12.0. The summed E-state index contributed by atoms with van der Waals surface area (Å²) in [6.45, 7) is 0. The number of anilines is 3. The molecule has 2 nitrogen and oxygen atoms in total. The Morgan fingerprint density at radius 2 is 0.982 bits per heavy atom. The number of para-hydroxylation sites is 2. The van der Waals surface area contributed by atoms with Crippen molar-refractivity contribution >= 4 is 81.3 Å². The molecule has 0 aliphatic heterocycles. The molecule has 0 aliphatic carbocycles. The number of hydrogen-bond donors (Lipinski definition) is 0. The zero-order valence-corrected chi connectivity index (χ0v) is 30.6. The van der Waals surface area contributed by atoms with Crippen molar-refractivity contribution in [3.8, 4) is 33.4 Å². The Labute approximate surface area is 322 Å². The molecule has 11 aromatic rings. The van der Waals surface area contributed by atoms with E-state index in [1.807, 2.05) is 23.5 Å². The second-order valence-electron chi connectivity index (χ2n) is 14.1. The van der Waals surface area contributed by atoms with Gasteiger partial charge in [0.05, 0.1) is 11.4 Å². The van der Waals surface area contributed by atoms with Crippen LogP contribution in [0.5, 0.6) is 0 Å². The lowest BCUT2D eigenvalue weighted by Gasteiger charge is -2.29. The molecule has 0 aliphatic rings. The van der Waals surface area contributed by atoms with E-state index in [2.05, 4.69) is 193 Å². The Bertz CT molecular complexity index is 3220.